The molecule has 0 aliphatic rings. The predicted molar refractivity (Wildman–Crippen MR) is 79.7 cm³/mol. The van der Waals surface area contributed by atoms with Gasteiger partial charge in [0.1, 0.15) is 0 Å². The highest BCUT2D eigenvalue weighted by Crippen LogP contribution is 2.20. The van der Waals surface area contributed by atoms with Gasteiger partial charge in [-0.15, -0.1) is 0 Å². The van der Waals surface area contributed by atoms with E-state index in [0.717, 1.165) is 5.69 Å². The maximum absolute atomic E-state index is 12.3. The topological polar surface area (TPSA) is 72.1 Å². The normalized spacial score (nSPS) is 10.6. The van der Waals surface area contributed by atoms with Gasteiger partial charge in [0.15, 0.2) is 11.5 Å². The monoisotopic (exact) mass is 270 g/mol. The van der Waals surface area contributed by atoms with Crippen LogP contribution in [0.1, 0.15) is 35.8 Å². The molecule has 0 aliphatic carbocycles. The van der Waals surface area contributed by atoms with Crippen molar-refractivity contribution in [1.82, 2.24) is 9.97 Å². The first-order valence-corrected chi connectivity index (χ1v) is 6.45. The molecule has 0 bridgehead atoms. The van der Waals surface area contributed by atoms with Gasteiger partial charge in [0.2, 0.25) is 0 Å². The summed E-state index contributed by atoms with van der Waals surface area (Å²) in [6.45, 7) is 4.26. The van der Waals surface area contributed by atoms with Crippen LogP contribution in [0.15, 0.2) is 36.7 Å². The van der Waals surface area contributed by atoms with E-state index in [2.05, 4.69) is 23.8 Å². The Balaban J connectivity index is 2.25. The van der Waals surface area contributed by atoms with Gasteiger partial charge in [-0.2, -0.15) is 0 Å². The summed E-state index contributed by atoms with van der Waals surface area (Å²) in [6, 6.07) is 7.87. The van der Waals surface area contributed by atoms with Crippen LogP contribution in [0.2, 0.25) is 0 Å². The summed E-state index contributed by atoms with van der Waals surface area (Å²) in [5.74, 6) is 0.330. The van der Waals surface area contributed by atoms with Crippen molar-refractivity contribution in [3.8, 4) is 0 Å². The molecular formula is C15H18N4O. The lowest BCUT2D eigenvalue weighted by molar-refractivity contribution is 0.0989. The fourth-order valence-electron chi connectivity index (χ4n) is 1.87. The fourth-order valence-corrected chi connectivity index (χ4v) is 1.87. The summed E-state index contributed by atoms with van der Waals surface area (Å²) in [4.78, 5) is 21.7. The second kappa shape index (κ2) is 5.69. The van der Waals surface area contributed by atoms with Crippen LogP contribution in [0.3, 0.4) is 0 Å². The first kappa shape index (κ1) is 14.0. The highest BCUT2D eigenvalue weighted by atomic mass is 16.2. The number of rotatable bonds is 3. The van der Waals surface area contributed by atoms with Crippen LogP contribution >= 0.6 is 0 Å². The molecule has 0 saturated carbocycles. The molecule has 1 amide bonds. The Labute approximate surface area is 118 Å². The minimum absolute atomic E-state index is 0.142. The number of hydrogen-bond acceptors (Lipinski definition) is 4. The fraction of sp³-hybridized carbons (Fsp3) is 0.267. The Morgan fingerprint density at radius 1 is 1.15 bits per heavy atom. The smallest absolute Gasteiger partial charge is 0.280 e. The number of nitrogens with two attached hydrogens (primary N) is 1. The highest BCUT2D eigenvalue weighted by Gasteiger charge is 2.18. The average molecular weight is 270 g/mol. The third kappa shape index (κ3) is 2.77. The number of aromatic nitrogens is 2. The molecule has 5 nitrogen and oxygen atoms in total. The summed E-state index contributed by atoms with van der Waals surface area (Å²) in [6.07, 6.45) is 2.92. The third-order valence-corrected chi connectivity index (χ3v) is 3.18. The molecule has 1 heterocycles. The molecule has 2 N–H and O–H groups in total. The minimum Gasteiger partial charge on any atom is -0.382 e. The molecule has 20 heavy (non-hydrogen) atoms. The van der Waals surface area contributed by atoms with Gasteiger partial charge >= 0.3 is 0 Å². The summed E-state index contributed by atoms with van der Waals surface area (Å²) < 4.78 is 0. The molecule has 0 unspecified atom stereocenters. The molecule has 0 fully saturated rings. The Kier molecular flexibility index (Phi) is 3.98. The van der Waals surface area contributed by atoms with Crippen LogP contribution in [-0.2, 0) is 0 Å². The van der Waals surface area contributed by atoms with Gasteiger partial charge in [-0.1, -0.05) is 26.0 Å². The maximum atomic E-state index is 12.3. The lowest BCUT2D eigenvalue weighted by atomic mass is 10.0. The van der Waals surface area contributed by atoms with Crippen LogP contribution < -0.4 is 10.6 Å². The predicted octanol–water partition coefficient (Wildman–Crippen LogP) is 2.46. The van der Waals surface area contributed by atoms with Gasteiger partial charge in [0, 0.05) is 25.1 Å². The van der Waals surface area contributed by atoms with Crippen molar-refractivity contribution in [2.75, 3.05) is 17.7 Å². The zero-order valence-corrected chi connectivity index (χ0v) is 11.9. The van der Waals surface area contributed by atoms with Gasteiger partial charge in [0.25, 0.3) is 5.91 Å². The first-order valence-electron chi connectivity index (χ1n) is 6.45. The number of carbonyl (C=O) groups is 1. The molecule has 2 aromatic rings. The number of nitrogen functional groups attached to an aromatic ring is 1. The van der Waals surface area contributed by atoms with Gasteiger partial charge in [-0.3, -0.25) is 4.79 Å². The van der Waals surface area contributed by atoms with Crippen LogP contribution in [-0.4, -0.2) is 22.9 Å². The number of benzene rings is 1. The standard InChI is InChI=1S/C15H18N4O/c1-10(2)11-4-6-12(7-5-11)19(3)15(20)13-14(16)18-9-8-17-13/h4-10H,1-3H3,(H2,16,18). The number of hydrogen-bond donors (Lipinski definition) is 1. The van der Waals surface area contributed by atoms with E-state index >= 15 is 0 Å². The lowest BCUT2D eigenvalue weighted by Crippen LogP contribution is -2.28. The molecule has 0 radical (unpaired) electrons. The van der Waals surface area contributed by atoms with Crippen molar-refractivity contribution in [3.63, 3.8) is 0 Å². The SMILES string of the molecule is CC(C)c1ccc(N(C)C(=O)c2nccnc2N)cc1. The Hall–Kier alpha value is -2.43. The lowest BCUT2D eigenvalue weighted by Gasteiger charge is -2.18. The number of nitrogens with zero attached hydrogens (tertiary/aromatic N) is 3. The number of anilines is 2. The third-order valence-electron chi connectivity index (χ3n) is 3.18. The van der Waals surface area contributed by atoms with Gasteiger partial charge in [-0.05, 0) is 23.6 Å². The molecule has 0 atom stereocenters. The molecule has 2 rings (SSSR count). The molecule has 104 valence electrons. The Morgan fingerprint density at radius 3 is 2.30 bits per heavy atom. The van der Waals surface area contributed by atoms with Crippen LogP contribution in [0, 0.1) is 0 Å². The average Bonchev–Trinajstić information content (AvgIpc) is 2.46. The highest BCUT2D eigenvalue weighted by molar-refractivity contribution is 6.06. The maximum Gasteiger partial charge on any atom is 0.280 e. The van der Waals surface area contributed by atoms with Gasteiger partial charge in [-0.25, -0.2) is 9.97 Å². The van der Waals surface area contributed by atoms with Crippen molar-refractivity contribution in [2.45, 2.75) is 19.8 Å². The molecule has 5 heteroatoms. The minimum atomic E-state index is -0.270. The van der Waals surface area contributed by atoms with E-state index in [-0.39, 0.29) is 17.4 Å². The van der Waals surface area contributed by atoms with Crippen molar-refractivity contribution >= 4 is 17.4 Å². The van der Waals surface area contributed by atoms with Crippen molar-refractivity contribution in [1.29, 1.82) is 0 Å². The first-order chi connectivity index (χ1) is 9.50. The second-order valence-corrected chi connectivity index (χ2v) is 4.90. The summed E-state index contributed by atoms with van der Waals surface area (Å²) in [7, 11) is 1.70. The zero-order valence-electron chi connectivity index (χ0n) is 11.9. The van der Waals surface area contributed by atoms with Crippen LogP contribution in [0.4, 0.5) is 11.5 Å². The number of carbonyl (C=O) groups excluding carboxylic acids is 1. The summed E-state index contributed by atoms with van der Waals surface area (Å²) in [5.41, 5.74) is 7.88. The molecular weight excluding hydrogens is 252 g/mol. The van der Waals surface area contributed by atoms with E-state index in [1.807, 2.05) is 24.3 Å². The van der Waals surface area contributed by atoms with E-state index in [9.17, 15) is 4.79 Å². The molecule has 1 aromatic heterocycles. The van der Waals surface area contributed by atoms with E-state index in [1.54, 1.807) is 7.05 Å². The van der Waals surface area contributed by atoms with E-state index in [1.165, 1.54) is 22.9 Å². The molecule has 0 saturated heterocycles. The second-order valence-electron chi connectivity index (χ2n) is 4.90. The Bertz CT molecular complexity index is 608. The Morgan fingerprint density at radius 2 is 1.75 bits per heavy atom. The molecule has 1 aromatic carbocycles. The van der Waals surface area contributed by atoms with Crippen molar-refractivity contribution in [3.05, 3.63) is 47.9 Å². The van der Waals surface area contributed by atoms with Gasteiger partial charge < -0.3 is 10.6 Å². The summed E-state index contributed by atoms with van der Waals surface area (Å²) in [5, 5.41) is 0. The largest absolute Gasteiger partial charge is 0.382 e. The number of amides is 1. The quantitative estimate of drug-likeness (QED) is 0.929. The van der Waals surface area contributed by atoms with Crippen molar-refractivity contribution in [2.24, 2.45) is 0 Å². The summed E-state index contributed by atoms with van der Waals surface area (Å²) >= 11 is 0. The van der Waals surface area contributed by atoms with Gasteiger partial charge in [0.05, 0.1) is 0 Å². The van der Waals surface area contributed by atoms with E-state index in [0.29, 0.717) is 5.92 Å². The van der Waals surface area contributed by atoms with Crippen LogP contribution in [0.25, 0.3) is 0 Å². The van der Waals surface area contributed by atoms with E-state index in [4.69, 9.17) is 5.73 Å². The van der Waals surface area contributed by atoms with Crippen LogP contribution in [0.5, 0.6) is 0 Å². The van der Waals surface area contributed by atoms with E-state index < -0.39 is 0 Å². The molecule has 0 spiro atoms. The molecule has 0 aliphatic heterocycles. The zero-order chi connectivity index (χ0) is 14.7. The van der Waals surface area contributed by atoms with Crippen molar-refractivity contribution < 1.29 is 4.79 Å².